The Hall–Kier alpha value is -0.610. The van der Waals surface area contributed by atoms with E-state index in [2.05, 4.69) is 12.2 Å². The molecule has 0 spiro atoms. The van der Waals surface area contributed by atoms with Gasteiger partial charge in [0.1, 0.15) is 0 Å². The van der Waals surface area contributed by atoms with Crippen LogP contribution in [-0.4, -0.2) is 49.7 Å². The zero-order chi connectivity index (χ0) is 12.1. The lowest BCUT2D eigenvalue weighted by Crippen LogP contribution is -2.38. The molecule has 2 saturated heterocycles. The van der Waals surface area contributed by atoms with E-state index in [0.29, 0.717) is 18.6 Å². The number of hydrogen-bond acceptors (Lipinski definition) is 3. The first-order valence-electron chi connectivity index (χ1n) is 6.91. The van der Waals surface area contributed by atoms with Crippen LogP contribution < -0.4 is 5.32 Å². The second-order valence-electron chi connectivity index (χ2n) is 5.09. The predicted octanol–water partition coefficient (Wildman–Crippen LogP) is 1.01. The summed E-state index contributed by atoms with van der Waals surface area (Å²) in [6.45, 7) is 6.35. The first-order valence-corrected chi connectivity index (χ1v) is 6.91. The molecule has 1 amide bonds. The minimum Gasteiger partial charge on any atom is -0.378 e. The number of hydrogen-bond donors (Lipinski definition) is 1. The maximum atomic E-state index is 11.8. The zero-order valence-electron chi connectivity index (χ0n) is 10.8. The van der Waals surface area contributed by atoms with E-state index in [9.17, 15) is 4.79 Å². The molecule has 98 valence electrons. The van der Waals surface area contributed by atoms with Crippen molar-refractivity contribution in [2.75, 3.05) is 32.8 Å². The van der Waals surface area contributed by atoms with E-state index in [1.165, 1.54) is 12.8 Å². The van der Waals surface area contributed by atoms with Crippen molar-refractivity contribution in [2.24, 2.45) is 5.92 Å². The average Bonchev–Trinajstić information content (AvgIpc) is 2.99. The van der Waals surface area contributed by atoms with Gasteiger partial charge in [0, 0.05) is 26.2 Å². The number of amides is 1. The third kappa shape index (κ3) is 3.42. The highest BCUT2D eigenvalue weighted by Crippen LogP contribution is 2.22. The molecule has 2 aliphatic heterocycles. The molecule has 2 rings (SSSR count). The Morgan fingerprint density at radius 2 is 2.18 bits per heavy atom. The van der Waals surface area contributed by atoms with Crippen LogP contribution in [0.2, 0.25) is 0 Å². The summed E-state index contributed by atoms with van der Waals surface area (Å²) < 4.78 is 5.64. The first kappa shape index (κ1) is 12.8. The van der Waals surface area contributed by atoms with Crippen LogP contribution in [0.5, 0.6) is 0 Å². The minimum absolute atomic E-state index is 0.259. The first-order chi connectivity index (χ1) is 8.31. The third-order valence-electron chi connectivity index (χ3n) is 3.89. The van der Waals surface area contributed by atoms with Crippen LogP contribution in [-0.2, 0) is 9.53 Å². The number of carbonyl (C=O) groups excluding carboxylic acids is 1. The molecule has 0 aromatic carbocycles. The van der Waals surface area contributed by atoms with E-state index >= 15 is 0 Å². The zero-order valence-corrected chi connectivity index (χ0v) is 10.8. The number of ether oxygens (including phenoxy) is 1. The number of nitrogens with zero attached hydrogens (tertiary/aromatic N) is 1. The van der Waals surface area contributed by atoms with Gasteiger partial charge in [-0.15, -0.1) is 0 Å². The average molecular weight is 240 g/mol. The van der Waals surface area contributed by atoms with Crippen molar-refractivity contribution < 1.29 is 9.53 Å². The molecular formula is C13H24N2O2. The fraction of sp³-hybridized carbons (Fsp3) is 0.923. The Morgan fingerprint density at radius 3 is 2.88 bits per heavy atom. The van der Waals surface area contributed by atoms with Gasteiger partial charge in [-0.05, 0) is 31.6 Å². The number of likely N-dealkylation sites (tertiary alicyclic amines) is 1. The van der Waals surface area contributed by atoms with Crippen molar-refractivity contribution in [3.8, 4) is 0 Å². The normalized spacial score (nSPS) is 28.9. The van der Waals surface area contributed by atoms with Gasteiger partial charge in [-0.25, -0.2) is 0 Å². The van der Waals surface area contributed by atoms with E-state index in [-0.39, 0.29) is 5.91 Å². The van der Waals surface area contributed by atoms with E-state index in [1.807, 2.05) is 4.90 Å². The van der Waals surface area contributed by atoms with Crippen molar-refractivity contribution in [1.29, 1.82) is 0 Å². The van der Waals surface area contributed by atoms with Crippen LogP contribution in [0.15, 0.2) is 0 Å². The van der Waals surface area contributed by atoms with Crippen LogP contribution in [0.25, 0.3) is 0 Å². The molecule has 0 aromatic heterocycles. The van der Waals surface area contributed by atoms with E-state index in [1.54, 1.807) is 0 Å². The fourth-order valence-corrected chi connectivity index (χ4v) is 2.82. The predicted molar refractivity (Wildman–Crippen MR) is 66.8 cm³/mol. The lowest BCUT2D eigenvalue weighted by atomic mass is 10.00. The lowest BCUT2D eigenvalue weighted by Gasteiger charge is -2.19. The molecule has 0 aromatic rings. The molecule has 2 fully saturated rings. The molecule has 2 aliphatic rings. The Balaban J connectivity index is 1.63. The van der Waals surface area contributed by atoms with Gasteiger partial charge in [-0.1, -0.05) is 6.92 Å². The highest BCUT2D eigenvalue weighted by Gasteiger charge is 2.26. The second-order valence-corrected chi connectivity index (χ2v) is 5.09. The molecule has 2 heterocycles. The summed E-state index contributed by atoms with van der Waals surface area (Å²) in [6, 6.07) is 0. The summed E-state index contributed by atoms with van der Waals surface area (Å²) in [5.74, 6) is 0.848. The molecule has 0 saturated carbocycles. The van der Waals surface area contributed by atoms with E-state index in [0.717, 1.165) is 39.1 Å². The van der Waals surface area contributed by atoms with Gasteiger partial charge in [-0.2, -0.15) is 0 Å². The number of nitrogens with one attached hydrogen (secondary N) is 1. The second kappa shape index (κ2) is 6.36. The SMILES string of the molecule is CCC1OCCC1CNCC(=O)N1CCCC1. The topological polar surface area (TPSA) is 41.6 Å². The molecule has 0 bridgehead atoms. The van der Waals surface area contributed by atoms with Crippen LogP contribution in [0.4, 0.5) is 0 Å². The Kier molecular flexibility index (Phi) is 4.80. The maximum absolute atomic E-state index is 11.8. The van der Waals surface area contributed by atoms with Gasteiger partial charge in [-0.3, -0.25) is 4.79 Å². The molecule has 0 radical (unpaired) electrons. The highest BCUT2D eigenvalue weighted by atomic mass is 16.5. The molecular weight excluding hydrogens is 216 g/mol. The van der Waals surface area contributed by atoms with E-state index in [4.69, 9.17) is 4.74 Å². The molecule has 0 aliphatic carbocycles. The molecule has 4 nitrogen and oxygen atoms in total. The van der Waals surface area contributed by atoms with Crippen molar-refractivity contribution in [3.05, 3.63) is 0 Å². The van der Waals surface area contributed by atoms with Crippen molar-refractivity contribution in [1.82, 2.24) is 10.2 Å². The third-order valence-corrected chi connectivity index (χ3v) is 3.89. The summed E-state index contributed by atoms with van der Waals surface area (Å²) in [7, 11) is 0. The van der Waals surface area contributed by atoms with Crippen molar-refractivity contribution in [2.45, 2.75) is 38.7 Å². The van der Waals surface area contributed by atoms with Gasteiger partial charge in [0.15, 0.2) is 0 Å². The largest absolute Gasteiger partial charge is 0.378 e. The van der Waals surface area contributed by atoms with Gasteiger partial charge < -0.3 is 15.0 Å². The summed E-state index contributed by atoms with van der Waals surface area (Å²) in [5, 5.41) is 3.30. The van der Waals surface area contributed by atoms with Crippen molar-refractivity contribution >= 4 is 5.91 Å². The van der Waals surface area contributed by atoms with Crippen molar-refractivity contribution in [3.63, 3.8) is 0 Å². The monoisotopic (exact) mass is 240 g/mol. The molecule has 2 unspecified atom stereocenters. The Morgan fingerprint density at radius 1 is 1.41 bits per heavy atom. The maximum Gasteiger partial charge on any atom is 0.236 e. The van der Waals surface area contributed by atoms with Gasteiger partial charge in [0.2, 0.25) is 5.91 Å². The highest BCUT2D eigenvalue weighted by molar-refractivity contribution is 5.78. The quantitative estimate of drug-likeness (QED) is 0.780. The van der Waals surface area contributed by atoms with Gasteiger partial charge in [0.05, 0.1) is 12.6 Å². The minimum atomic E-state index is 0.259. The molecule has 17 heavy (non-hydrogen) atoms. The van der Waals surface area contributed by atoms with E-state index < -0.39 is 0 Å². The molecule has 1 N–H and O–H groups in total. The summed E-state index contributed by atoms with van der Waals surface area (Å²) in [4.78, 5) is 13.8. The van der Waals surface area contributed by atoms with Crippen LogP contribution in [0.3, 0.4) is 0 Å². The molecule has 2 atom stereocenters. The Bertz CT molecular complexity index is 252. The van der Waals surface area contributed by atoms with Gasteiger partial charge >= 0.3 is 0 Å². The lowest BCUT2D eigenvalue weighted by molar-refractivity contribution is -0.129. The van der Waals surface area contributed by atoms with Crippen LogP contribution in [0, 0.1) is 5.92 Å². The molecule has 4 heteroatoms. The number of rotatable bonds is 5. The summed E-state index contributed by atoms with van der Waals surface area (Å²) in [5.41, 5.74) is 0. The standard InChI is InChI=1S/C13H24N2O2/c1-2-12-11(5-8-17-12)9-14-10-13(16)15-6-3-4-7-15/h11-12,14H,2-10H2,1H3. The summed E-state index contributed by atoms with van der Waals surface area (Å²) >= 11 is 0. The summed E-state index contributed by atoms with van der Waals surface area (Å²) in [6.07, 6.45) is 4.93. The van der Waals surface area contributed by atoms with Gasteiger partial charge in [0.25, 0.3) is 0 Å². The van der Waals surface area contributed by atoms with Crippen LogP contribution in [0.1, 0.15) is 32.6 Å². The fourth-order valence-electron chi connectivity index (χ4n) is 2.82. The van der Waals surface area contributed by atoms with Crippen LogP contribution >= 0.6 is 0 Å². The smallest absolute Gasteiger partial charge is 0.236 e. The Labute approximate surface area is 104 Å². The number of carbonyl (C=O) groups is 1.